The molecular formula is C29H36N4O4Si. The van der Waals surface area contributed by atoms with Gasteiger partial charge in [0, 0.05) is 39.1 Å². The van der Waals surface area contributed by atoms with E-state index >= 15 is 0 Å². The molecule has 9 heteroatoms. The molecule has 0 aliphatic carbocycles. The maximum atomic E-state index is 12.0. The molecule has 4 aromatic rings. The van der Waals surface area contributed by atoms with Crippen LogP contribution in [-0.2, 0) is 17.9 Å². The molecule has 38 heavy (non-hydrogen) atoms. The van der Waals surface area contributed by atoms with Crippen LogP contribution in [0, 0.1) is 0 Å². The third-order valence-electron chi connectivity index (χ3n) is 6.15. The summed E-state index contributed by atoms with van der Waals surface area (Å²) in [5, 5.41) is 1.04. The molecule has 200 valence electrons. The summed E-state index contributed by atoms with van der Waals surface area (Å²) in [6.07, 6.45) is 11.6. The molecule has 4 rings (SSSR count). The highest BCUT2D eigenvalue weighted by atomic mass is 28.3. The van der Waals surface area contributed by atoms with Crippen LogP contribution >= 0.6 is 0 Å². The van der Waals surface area contributed by atoms with E-state index in [2.05, 4.69) is 41.3 Å². The highest BCUT2D eigenvalue weighted by molar-refractivity contribution is 6.76. The Morgan fingerprint density at radius 2 is 1.95 bits per heavy atom. The van der Waals surface area contributed by atoms with Crippen LogP contribution in [0.1, 0.15) is 35.8 Å². The quantitative estimate of drug-likeness (QED) is 0.0786. The third kappa shape index (κ3) is 7.49. The highest BCUT2D eigenvalue weighted by Gasteiger charge is 2.17. The summed E-state index contributed by atoms with van der Waals surface area (Å²) in [6.45, 7) is 8.23. The van der Waals surface area contributed by atoms with Gasteiger partial charge in [-0.1, -0.05) is 50.0 Å². The molecule has 0 N–H and O–H groups in total. The second-order valence-corrected chi connectivity index (χ2v) is 16.0. The summed E-state index contributed by atoms with van der Waals surface area (Å²) in [6, 6.07) is 11.2. The Kier molecular flexibility index (Phi) is 9.25. The summed E-state index contributed by atoms with van der Waals surface area (Å²) in [5.74, 6) is 1.56. The zero-order valence-corrected chi connectivity index (χ0v) is 23.6. The van der Waals surface area contributed by atoms with Gasteiger partial charge in [-0.15, -0.1) is 0 Å². The van der Waals surface area contributed by atoms with Gasteiger partial charge in [-0.05, 0) is 31.0 Å². The predicted molar refractivity (Wildman–Crippen MR) is 151 cm³/mol. The van der Waals surface area contributed by atoms with Gasteiger partial charge in [0.25, 0.3) is 5.89 Å². The minimum atomic E-state index is -1.17. The molecule has 3 aromatic heterocycles. The molecule has 0 amide bonds. The number of aryl methyl sites for hydroxylation is 1. The summed E-state index contributed by atoms with van der Waals surface area (Å²) in [5.41, 5.74) is 2.55. The molecule has 1 aromatic carbocycles. The number of hydrogen-bond acceptors (Lipinski definition) is 7. The number of Topliss-reactive ketones (excluding diaryl/α,β-unsaturated/α-hetero) is 1. The SMILES string of the molecule is COc1nc2ccccc2cc1-c1cn(COCC[Si](C)(C)C)c(CCC=CCCC(=O)c2ncco2)n1. The van der Waals surface area contributed by atoms with Crippen LogP contribution in [0.25, 0.3) is 22.2 Å². The van der Waals surface area contributed by atoms with Crippen molar-refractivity contribution in [3.05, 3.63) is 72.9 Å². The fourth-order valence-electron chi connectivity index (χ4n) is 4.00. The van der Waals surface area contributed by atoms with E-state index in [1.807, 2.05) is 36.5 Å². The van der Waals surface area contributed by atoms with Crippen molar-refractivity contribution >= 4 is 24.8 Å². The van der Waals surface area contributed by atoms with E-state index in [0.29, 0.717) is 25.5 Å². The van der Waals surface area contributed by atoms with Crippen molar-refractivity contribution < 1.29 is 18.7 Å². The number of imidazole rings is 1. The molecule has 0 unspecified atom stereocenters. The molecular weight excluding hydrogens is 496 g/mol. The summed E-state index contributed by atoms with van der Waals surface area (Å²) in [4.78, 5) is 25.6. The number of carbonyl (C=O) groups is 1. The van der Waals surface area contributed by atoms with Crippen molar-refractivity contribution in [3.8, 4) is 17.1 Å². The third-order valence-corrected chi connectivity index (χ3v) is 7.86. The largest absolute Gasteiger partial charge is 0.480 e. The van der Waals surface area contributed by atoms with Gasteiger partial charge in [0.1, 0.15) is 18.8 Å². The lowest BCUT2D eigenvalue weighted by Crippen LogP contribution is -2.22. The zero-order valence-electron chi connectivity index (χ0n) is 22.6. The number of aromatic nitrogens is 4. The lowest BCUT2D eigenvalue weighted by molar-refractivity contribution is 0.0851. The summed E-state index contributed by atoms with van der Waals surface area (Å²) < 4.78 is 18.8. The van der Waals surface area contributed by atoms with E-state index in [9.17, 15) is 4.79 Å². The van der Waals surface area contributed by atoms with Gasteiger partial charge in [0.05, 0.1) is 30.1 Å². The van der Waals surface area contributed by atoms with Gasteiger partial charge >= 0.3 is 0 Å². The Balaban J connectivity index is 1.46. The number of pyridine rings is 1. The summed E-state index contributed by atoms with van der Waals surface area (Å²) >= 11 is 0. The average Bonchev–Trinajstić information content (AvgIpc) is 3.58. The molecule has 0 atom stereocenters. The van der Waals surface area contributed by atoms with Crippen LogP contribution in [0.4, 0.5) is 0 Å². The van der Waals surface area contributed by atoms with Gasteiger partial charge in [-0.25, -0.2) is 15.0 Å². The van der Waals surface area contributed by atoms with E-state index < -0.39 is 8.07 Å². The van der Waals surface area contributed by atoms with E-state index in [1.165, 1.54) is 12.5 Å². The number of allylic oxidation sites excluding steroid dienone is 2. The van der Waals surface area contributed by atoms with Crippen molar-refractivity contribution in [1.29, 1.82) is 0 Å². The van der Waals surface area contributed by atoms with E-state index in [4.69, 9.17) is 23.9 Å². The number of fused-ring (bicyclic) bond motifs is 1. The van der Waals surface area contributed by atoms with Crippen LogP contribution in [0.5, 0.6) is 5.88 Å². The Morgan fingerprint density at radius 3 is 2.71 bits per heavy atom. The van der Waals surface area contributed by atoms with Crippen molar-refractivity contribution in [1.82, 2.24) is 19.5 Å². The normalized spacial score (nSPS) is 12.0. The lowest BCUT2D eigenvalue weighted by atomic mass is 10.1. The molecule has 0 aliphatic heterocycles. The average molecular weight is 533 g/mol. The van der Waals surface area contributed by atoms with Crippen LogP contribution in [0.15, 0.2) is 65.6 Å². The van der Waals surface area contributed by atoms with Gasteiger partial charge < -0.3 is 18.5 Å². The van der Waals surface area contributed by atoms with E-state index in [0.717, 1.165) is 53.5 Å². The minimum Gasteiger partial charge on any atom is -0.480 e. The topological polar surface area (TPSA) is 92.3 Å². The van der Waals surface area contributed by atoms with Crippen LogP contribution in [-0.4, -0.2) is 47.1 Å². The minimum absolute atomic E-state index is 0.0896. The number of benzene rings is 1. The molecule has 0 radical (unpaired) electrons. The van der Waals surface area contributed by atoms with Crippen LogP contribution in [0.2, 0.25) is 25.7 Å². The van der Waals surface area contributed by atoms with Crippen LogP contribution in [0.3, 0.4) is 0 Å². The number of ether oxygens (including phenoxy) is 2. The summed E-state index contributed by atoms with van der Waals surface area (Å²) in [7, 11) is 0.462. The number of nitrogens with zero attached hydrogens (tertiary/aromatic N) is 4. The number of para-hydroxylation sites is 1. The number of carbonyl (C=O) groups excluding carboxylic acids is 1. The number of oxazole rings is 1. The molecule has 0 saturated heterocycles. The first-order valence-electron chi connectivity index (χ1n) is 13.0. The van der Waals surface area contributed by atoms with Gasteiger partial charge in [-0.2, -0.15) is 0 Å². The Labute approximate surface area is 224 Å². The number of hydrogen-bond donors (Lipinski definition) is 0. The van der Waals surface area contributed by atoms with Gasteiger partial charge in [-0.3, -0.25) is 4.79 Å². The number of methoxy groups -OCH3 is 1. The molecule has 0 saturated carbocycles. The maximum Gasteiger partial charge on any atom is 0.263 e. The highest BCUT2D eigenvalue weighted by Crippen LogP contribution is 2.31. The molecule has 0 spiro atoms. The smallest absolute Gasteiger partial charge is 0.263 e. The first kappa shape index (κ1) is 27.5. The van der Waals surface area contributed by atoms with Crippen molar-refractivity contribution in [2.75, 3.05) is 13.7 Å². The zero-order chi connectivity index (χ0) is 27.0. The van der Waals surface area contributed by atoms with Crippen molar-refractivity contribution in [3.63, 3.8) is 0 Å². The lowest BCUT2D eigenvalue weighted by Gasteiger charge is -2.16. The Hall–Kier alpha value is -3.56. The van der Waals surface area contributed by atoms with Crippen LogP contribution < -0.4 is 4.74 Å². The Bertz CT molecular complexity index is 1370. The van der Waals surface area contributed by atoms with Crippen molar-refractivity contribution in [2.24, 2.45) is 0 Å². The monoisotopic (exact) mass is 532 g/mol. The molecule has 3 heterocycles. The molecule has 0 aliphatic rings. The Morgan fingerprint density at radius 1 is 1.13 bits per heavy atom. The molecule has 8 nitrogen and oxygen atoms in total. The number of ketones is 1. The van der Waals surface area contributed by atoms with Gasteiger partial charge in [0.15, 0.2) is 0 Å². The van der Waals surface area contributed by atoms with Crippen molar-refractivity contribution in [2.45, 2.75) is 58.1 Å². The van der Waals surface area contributed by atoms with E-state index in [-0.39, 0.29) is 11.7 Å². The number of rotatable bonds is 14. The second kappa shape index (κ2) is 12.8. The second-order valence-electron chi connectivity index (χ2n) is 10.4. The van der Waals surface area contributed by atoms with Gasteiger partial charge in [0.2, 0.25) is 11.7 Å². The maximum absolute atomic E-state index is 12.0. The fourth-order valence-corrected chi connectivity index (χ4v) is 4.76. The fraction of sp³-hybridized carbons (Fsp3) is 0.379. The predicted octanol–water partition coefficient (Wildman–Crippen LogP) is 6.56. The molecule has 0 bridgehead atoms. The standard InChI is InChI=1S/C29H36N4O4Si/c1-35-28-23(19-22-11-9-10-12-24(22)32-28)25-20-33(21-36-17-18-38(2,3)4)27(31-25)14-8-6-5-7-13-26(34)29-30-15-16-37-29/h5-6,9-12,15-16,19-20H,7-8,13-14,17-18,21H2,1-4H3. The first-order chi connectivity index (χ1) is 18.3. The van der Waals surface area contributed by atoms with E-state index in [1.54, 1.807) is 7.11 Å². The molecule has 0 fully saturated rings. The first-order valence-corrected chi connectivity index (χ1v) is 16.7.